The van der Waals surface area contributed by atoms with E-state index in [0.717, 1.165) is 16.9 Å². The lowest BCUT2D eigenvalue weighted by atomic mass is 10.1. The van der Waals surface area contributed by atoms with Gasteiger partial charge >= 0.3 is 0 Å². The quantitative estimate of drug-likeness (QED) is 0.487. The molecule has 0 N–H and O–H groups in total. The standard InChI is InChI=1S/C23H18FN3OS/c1-2-18-12-19-22(29-18)26-21(11-17-8-3-4-9-20(17)24)27(23(19)28)14-16-7-5-6-15(10-16)13-25/h3-10,12H,2,11,14H2,1H3. The van der Waals surface area contributed by atoms with Gasteiger partial charge in [-0.05, 0) is 41.8 Å². The number of benzene rings is 2. The van der Waals surface area contributed by atoms with Crippen LogP contribution in [0.3, 0.4) is 0 Å². The van der Waals surface area contributed by atoms with Crippen LogP contribution in [0.25, 0.3) is 10.2 Å². The highest BCUT2D eigenvalue weighted by Gasteiger charge is 2.16. The zero-order chi connectivity index (χ0) is 20.4. The third-order valence-electron chi connectivity index (χ3n) is 4.83. The van der Waals surface area contributed by atoms with Crippen LogP contribution in [0.15, 0.2) is 59.4 Å². The molecule has 0 atom stereocenters. The predicted molar refractivity (Wildman–Crippen MR) is 113 cm³/mol. The van der Waals surface area contributed by atoms with Crippen LogP contribution in [-0.4, -0.2) is 9.55 Å². The van der Waals surface area contributed by atoms with E-state index in [1.165, 1.54) is 17.4 Å². The zero-order valence-corrected chi connectivity index (χ0v) is 16.7. The van der Waals surface area contributed by atoms with Crippen LogP contribution < -0.4 is 5.56 Å². The molecule has 0 aliphatic carbocycles. The maximum Gasteiger partial charge on any atom is 0.262 e. The normalized spacial score (nSPS) is 10.9. The molecule has 0 fully saturated rings. The molecule has 2 heterocycles. The van der Waals surface area contributed by atoms with Gasteiger partial charge in [0.1, 0.15) is 16.5 Å². The fourth-order valence-electron chi connectivity index (χ4n) is 3.31. The maximum absolute atomic E-state index is 14.3. The van der Waals surface area contributed by atoms with E-state index >= 15 is 0 Å². The zero-order valence-electron chi connectivity index (χ0n) is 15.9. The highest BCUT2D eigenvalue weighted by molar-refractivity contribution is 7.18. The molecule has 0 spiro atoms. The first-order valence-electron chi connectivity index (χ1n) is 9.33. The summed E-state index contributed by atoms with van der Waals surface area (Å²) in [6.07, 6.45) is 1.04. The summed E-state index contributed by atoms with van der Waals surface area (Å²) in [5, 5.41) is 9.75. The van der Waals surface area contributed by atoms with Gasteiger partial charge in [0.05, 0.1) is 23.6 Å². The molecule has 144 valence electrons. The molecule has 0 unspecified atom stereocenters. The Hall–Kier alpha value is -3.30. The Morgan fingerprint density at radius 1 is 1.17 bits per heavy atom. The largest absolute Gasteiger partial charge is 0.291 e. The van der Waals surface area contributed by atoms with Crippen molar-refractivity contribution in [3.63, 3.8) is 0 Å². The number of hydrogen-bond acceptors (Lipinski definition) is 4. The smallest absolute Gasteiger partial charge is 0.262 e. The molecule has 0 aliphatic rings. The van der Waals surface area contributed by atoms with Crippen molar-refractivity contribution in [2.45, 2.75) is 26.3 Å². The summed E-state index contributed by atoms with van der Waals surface area (Å²) in [5.41, 5.74) is 1.71. The summed E-state index contributed by atoms with van der Waals surface area (Å²) in [6, 6.07) is 17.7. The number of hydrogen-bond donors (Lipinski definition) is 0. The topological polar surface area (TPSA) is 58.7 Å². The van der Waals surface area contributed by atoms with Crippen LogP contribution in [0.5, 0.6) is 0 Å². The Kier molecular flexibility index (Phi) is 5.24. The fraction of sp³-hybridized carbons (Fsp3) is 0.174. The molecular weight excluding hydrogens is 385 g/mol. The average Bonchev–Trinajstić information content (AvgIpc) is 3.16. The van der Waals surface area contributed by atoms with E-state index in [-0.39, 0.29) is 24.3 Å². The van der Waals surface area contributed by atoms with E-state index < -0.39 is 0 Å². The highest BCUT2D eigenvalue weighted by Crippen LogP contribution is 2.23. The van der Waals surface area contributed by atoms with Crippen molar-refractivity contribution in [3.05, 3.63) is 98.2 Å². The third kappa shape index (κ3) is 3.82. The maximum atomic E-state index is 14.3. The van der Waals surface area contributed by atoms with Crippen LogP contribution in [0.1, 0.15) is 34.3 Å². The molecule has 2 aromatic carbocycles. The fourth-order valence-corrected chi connectivity index (χ4v) is 4.29. The second-order valence-electron chi connectivity index (χ2n) is 6.78. The summed E-state index contributed by atoms with van der Waals surface area (Å²) in [6.45, 7) is 2.31. The van der Waals surface area contributed by atoms with Crippen molar-refractivity contribution < 1.29 is 4.39 Å². The van der Waals surface area contributed by atoms with Crippen molar-refractivity contribution in [3.8, 4) is 6.07 Å². The summed E-state index contributed by atoms with van der Waals surface area (Å²) in [7, 11) is 0. The van der Waals surface area contributed by atoms with E-state index in [0.29, 0.717) is 27.2 Å². The predicted octanol–water partition coefficient (Wildman–Crippen LogP) is 4.67. The summed E-state index contributed by atoms with van der Waals surface area (Å²) < 4.78 is 15.9. The Labute approximate surface area is 171 Å². The lowest BCUT2D eigenvalue weighted by Gasteiger charge is -2.13. The molecule has 0 radical (unpaired) electrons. The lowest BCUT2D eigenvalue weighted by molar-refractivity contribution is 0.606. The molecule has 4 aromatic rings. The second kappa shape index (κ2) is 7.98. The highest BCUT2D eigenvalue weighted by atomic mass is 32.1. The van der Waals surface area contributed by atoms with Gasteiger partial charge in [0.2, 0.25) is 0 Å². The number of thiophene rings is 1. The van der Waals surface area contributed by atoms with Crippen molar-refractivity contribution in [1.29, 1.82) is 5.26 Å². The van der Waals surface area contributed by atoms with E-state index in [1.54, 1.807) is 41.0 Å². The van der Waals surface area contributed by atoms with Gasteiger partial charge in [-0.25, -0.2) is 9.37 Å². The van der Waals surface area contributed by atoms with Crippen molar-refractivity contribution >= 4 is 21.6 Å². The van der Waals surface area contributed by atoms with Gasteiger partial charge in [-0.3, -0.25) is 9.36 Å². The minimum Gasteiger partial charge on any atom is -0.291 e. The van der Waals surface area contributed by atoms with Gasteiger partial charge in [0.15, 0.2) is 0 Å². The van der Waals surface area contributed by atoms with Crippen molar-refractivity contribution in [1.82, 2.24) is 9.55 Å². The van der Waals surface area contributed by atoms with E-state index in [2.05, 4.69) is 6.07 Å². The van der Waals surface area contributed by atoms with Crippen molar-refractivity contribution in [2.24, 2.45) is 0 Å². The van der Waals surface area contributed by atoms with Gasteiger partial charge < -0.3 is 0 Å². The molecule has 0 aliphatic heterocycles. The summed E-state index contributed by atoms with van der Waals surface area (Å²) in [5.74, 6) is 0.194. The SMILES string of the molecule is CCc1cc2c(=O)n(Cc3cccc(C#N)c3)c(Cc3ccccc3F)nc2s1. The van der Waals surface area contributed by atoms with Gasteiger partial charge in [0, 0.05) is 11.3 Å². The van der Waals surface area contributed by atoms with Crippen LogP contribution in [0, 0.1) is 17.1 Å². The minimum absolute atomic E-state index is 0.139. The molecule has 0 amide bonds. The van der Waals surface area contributed by atoms with Crippen LogP contribution >= 0.6 is 11.3 Å². The van der Waals surface area contributed by atoms with Crippen LogP contribution in [0.4, 0.5) is 4.39 Å². The summed E-state index contributed by atoms with van der Waals surface area (Å²) in [4.78, 5) is 19.8. The van der Waals surface area contributed by atoms with Gasteiger partial charge in [-0.2, -0.15) is 5.26 Å². The molecule has 4 nitrogen and oxygen atoms in total. The first-order chi connectivity index (χ1) is 14.1. The van der Waals surface area contributed by atoms with E-state index in [9.17, 15) is 9.18 Å². The Balaban J connectivity index is 1.87. The van der Waals surface area contributed by atoms with Gasteiger partial charge in [0.25, 0.3) is 5.56 Å². The minimum atomic E-state index is -0.319. The number of aromatic nitrogens is 2. The molecular formula is C23H18FN3OS. The van der Waals surface area contributed by atoms with E-state index in [4.69, 9.17) is 10.2 Å². The van der Waals surface area contributed by atoms with Crippen LogP contribution in [-0.2, 0) is 19.4 Å². The Morgan fingerprint density at radius 2 is 2.00 bits per heavy atom. The lowest BCUT2D eigenvalue weighted by Crippen LogP contribution is -2.26. The molecule has 2 aromatic heterocycles. The number of nitriles is 1. The Bertz CT molecular complexity index is 1300. The van der Waals surface area contributed by atoms with Gasteiger partial charge in [-0.15, -0.1) is 11.3 Å². The molecule has 6 heteroatoms. The van der Waals surface area contributed by atoms with E-state index in [1.807, 2.05) is 19.1 Å². The summed E-state index contributed by atoms with van der Waals surface area (Å²) >= 11 is 1.50. The average molecular weight is 403 g/mol. The Morgan fingerprint density at radius 3 is 2.76 bits per heavy atom. The van der Waals surface area contributed by atoms with Crippen LogP contribution in [0.2, 0.25) is 0 Å². The molecule has 0 saturated heterocycles. The first-order valence-corrected chi connectivity index (χ1v) is 10.1. The van der Waals surface area contributed by atoms with Gasteiger partial charge in [-0.1, -0.05) is 37.3 Å². The molecule has 4 rings (SSSR count). The molecule has 0 saturated carbocycles. The third-order valence-corrected chi connectivity index (χ3v) is 6.01. The first kappa shape index (κ1) is 19.0. The molecule has 29 heavy (non-hydrogen) atoms. The number of fused-ring (bicyclic) bond motifs is 1. The number of nitrogens with zero attached hydrogens (tertiary/aromatic N) is 3. The molecule has 0 bridgehead atoms. The van der Waals surface area contributed by atoms with Crippen molar-refractivity contribution in [2.75, 3.05) is 0 Å². The monoisotopic (exact) mass is 403 g/mol. The number of aryl methyl sites for hydroxylation is 1. The second-order valence-corrected chi connectivity index (χ2v) is 7.90. The number of rotatable bonds is 5. The number of halogens is 1.